The molecule has 0 saturated carbocycles. The standard InChI is InChI=1S/C23H31NO2S/c1-15(2)20-12-21(17(4)11-22(20)26-6)18(5)24-23(25)14-27-13-19-9-7-16(3)8-10-19/h7-12,15,18H,13-14H2,1-6H3,(H,24,25)/t18-/m0/s1. The minimum Gasteiger partial charge on any atom is -0.496 e. The largest absolute Gasteiger partial charge is 0.496 e. The van der Waals surface area contributed by atoms with E-state index in [1.54, 1.807) is 18.9 Å². The van der Waals surface area contributed by atoms with Crippen molar-refractivity contribution < 1.29 is 9.53 Å². The van der Waals surface area contributed by atoms with Crippen LogP contribution in [0.3, 0.4) is 0 Å². The van der Waals surface area contributed by atoms with Crippen molar-refractivity contribution >= 4 is 17.7 Å². The van der Waals surface area contributed by atoms with Gasteiger partial charge in [0.25, 0.3) is 0 Å². The molecule has 0 bridgehead atoms. The molecule has 3 nitrogen and oxygen atoms in total. The van der Waals surface area contributed by atoms with Crippen LogP contribution in [0.4, 0.5) is 0 Å². The second-order valence-corrected chi connectivity index (χ2v) is 8.36. The molecule has 146 valence electrons. The first-order valence-electron chi connectivity index (χ1n) is 9.43. The molecule has 0 heterocycles. The summed E-state index contributed by atoms with van der Waals surface area (Å²) >= 11 is 1.64. The molecule has 0 fully saturated rings. The van der Waals surface area contributed by atoms with Gasteiger partial charge in [0.05, 0.1) is 18.9 Å². The molecular formula is C23H31NO2S. The van der Waals surface area contributed by atoms with E-state index in [1.807, 2.05) is 6.92 Å². The van der Waals surface area contributed by atoms with Crippen molar-refractivity contribution in [2.75, 3.05) is 12.9 Å². The fourth-order valence-electron chi connectivity index (χ4n) is 3.12. The number of aryl methyl sites for hydroxylation is 2. The van der Waals surface area contributed by atoms with Gasteiger partial charge in [0.2, 0.25) is 5.91 Å². The SMILES string of the molecule is COc1cc(C)c([C@H](C)NC(=O)CSCc2ccc(C)cc2)cc1C(C)C. The number of thioether (sulfide) groups is 1. The Kier molecular flexibility index (Phi) is 7.78. The van der Waals surface area contributed by atoms with Crippen molar-refractivity contribution in [3.63, 3.8) is 0 Å². The van der Waals surface area contributed by atoms with E-state index in [2.05, 4.69) is 69.4 Å². The Morgan fingerprint density at radius 2 is 1.74 bits per heavy atom. The average molecular weight is 386 g/mol. The third-order valence-electron chi connectivity index (χ3n) is 4.71. The molecule has 1 atom stereocenters. The topological polar surface area (TPSA) is 38.3 Å². The average Bonchev–Trinajstić information content (AvgIpc) is 2.62. The van der Waals surface area contributed by atoms with Crippen LogP contribution in [0.15, 0.2) is 36.4 Å². The van der Waals surface area contributed by atoms with Gasteiger partial charge in [-0.05, 0) is 61.1 Å². The second kappa shape index (κ2) is 9.84. The maximum absolute atomic E-state index is 12.4. The number of hydrogen-bond acceptors (Lipinski definition) is 3. The Labute approximate surface area is 167 Å². The summed E-state index contributed by atoms with van der Waals surface area (Å²) in [5.41, 5.74) is 5.96. The van der Waals surface area contributed by atoms with Gasteiger partial charge in [-0.15, -0.1) is 11.8 Å². The summed E-state index contributed by atoms with van der Waals surface area (Å²) in [5.74, 6) is 2.66. The lowest BCUT2D eigenvalue weighted by atomic mass is 9.93. The Hall–Kier alpha value is -1.94. The van der Waals surface area contributed by atoms with Gasteiger partial charge in [-0.1, -0.05) is 43.7 Å². The van der Waals surface area contributed by atoms with Crippen LogP contribution in [0, 0.1) is 13.8 Å². The number of ether oxygens (including phenoxy) is 1. The lowest BCUT2D eigenvalue weighted by molar-refractivity contribution is -0.119. The monoisotopic (exact) mass is 385 g/mol. The van der Waals surface area contributed by atoms with Crippen molar-refractivity contribution in [2.45, 2.75) is 52.3 Å². The highest BCUT2D eigenvalue weighted by molar-refractivity contribution is 7.99. The molecule has 0 aliphatic rings. The number of carbonyl (C=O) groups excluding carboxylic acids is 1. The fraction of sp³-hybridized carbons (Fsp3) is 0.435. The zero-order valence-electron chi connectivity index (χ0n) is 17.3. The minimum absolute atomic E-state index is 0.0270. The zero-order valence-corrected chi connectivity index (χ0v) is 18.1. The molecule has 2 rings (SSSR count). The van der Waals surface area contributed by atoms with Crippen molar-refractivity contribution in [2.24, 2.45) is 0 Å². The summed E-state index contributed by atoms with van der Waals surface area (Å²) in [6.45, 7) is 10.5. The highest BCUT2D eigenvalue weighted by Crippen LogP contribution is 2.32. The van der Waals surface area contributed by atoms with Crippen LogP contribution in [-0.4, -0.2) is 18.8 Å². The molecule has 0 aliphatic heterocycles. The highest BCUT2D eigenvalue weighted by Gasteiger charge is 2.16. The first kappa shape index (κ1) is 21.4. The van der Waals surface area contributed by atoms with Gasteiger partial charge in [-0.25, -0.2) is 0 Å². The quantitative estimate of drug-likeness (QED) is 0.648. The summed E-state index contributed by atoms with van der Waals surface area (Å²) in [7, 11) is 1.71. The van der Waals surface area contributed by atoms with E-state index >= 15 is 0 Å². The van der Waals surface area contributed by atoms with Gasteiger partial charge in [-0.2, -0.15) is 0 Å². The first-order valence-corrected chi connectivity index (χ1v) is 10.6. The molecule has 1 N–H and O–H groups in total. The van der Waals surface area contributed by atoms with Gasteiger partial charge < -0.3 is 10.1 Å². The van der Waals surface area contributed by atoms with Crippen molar-refractivity contribution in [3.8, 4) is 5.75 Å². The summed E-state index contributed by atoms with van der Waals surface area (Å²) < 4.78 is 5.52. The fourth-order valence-corrected chi connectivity index (χ4v) is 3.92. The summed E-state index contributed by atoms with van der Waals surface area (Å²) in [4.78, 5) is 12.4. The number of carbonyl (C=O) groups is 1. The first-order chi connectivity index (χ1) is 12.8. The molecular weight excluding hydrogens is 354 g/mol. The molecule has 0 aromatic heterocycles. The van der Waals surface area contributed by atoms with Gasteiger partial charge >= 0.3 is 0 Å². The van der Waals surface area contributed by atoms with Crippen LogP contribution in [0.25, 0.3) is 0 Å². The van der Waals surface area contributed by atoms with E-state index in [9.17, 15) is 4.79 Å². The van der Waals surface area contributed by atoms with E-state index in [1.165, 1.54) is 16.7 Å². The normalized spacial score (nSPS) is 12.1. The molecule has 0 spiro atoms. The number of benzene rings is 2. The van der Waals surface area contributed by atoms with Crippen LogP contribution >= 0.6 is 11.8 Å². The van der Waals surface area contributed by atoms with Crippen LogP contribution in [0.1, 0.15) is 60.5 Å². The van der Waals surface area contributed by atoms with Crippen molar-refractivity contribution in [3.05, 3.63) is 64.2 Å². The summed E-state index contributed by atoms with van der Waals surface area (Å²) in [6.07, 6.45) is 0. The van der Waals surface area contributed by atoms with Gasteiger partial charge in [0, 0.05) is 5.75 Å². The third kappa shape index (κ3) is 6.03. The van der Waals surface area contributed by atoms with Crippen LogP contribution < -0.4 is 10.1 Å². The van der Waals surface area contributed by atoms with Crippen LogP contribution in [0.5, 0.6) is 5.75 Å². The number of nitrogens with one attached hydrogen (secondary N) is 1. The molecule has 4 heteroatoms. The van der Waals surface area contributed by atoms with Crippen molar-refractivity contribution in [1.29, 1.82) is 0 Å². The maximum atomic E-state index is 12.4. The molecule has 2 aromatic rings. The van der Waals surface area contributed by atoms with Gasteiger partial charge in [0.15, 0.2) is 0 Å². The molecule has 0 radical (unpaired) electrons. The predicted octanol–water partition coefficient (Wildman–Crippen LogP) is 5.55. The van der Waals surface area contributed by atoms with E-state index in [0.717, 1.165) is 22.6 Å². The van der Waals surface area contributed by atoms with Crippen molar-refractivity contribution in [1.82, 2.24) is 5.32 Å². The van der Waals surface area contributed by atoms with Crippen LogP contribution in [0.2, 0.25) is 0 Å². The second-order valence-electron chi connectivity index (χ2n) is 7.37. The van der Waals surface area contributed by atoms with E-state index in [0.29, 0.717) is 11.7 Å². The number of methoxy groups -OCH3 is 1. The summed E-state index contributed by atoms with van der Waals surface area (Å²) in [6, 6.07) is 12.7. The van der Waals surface area contributed by atoms with E-state index in [4.69, 9.17) is 4.74 Å². The Bertz CT molecular complexity index is 769. The number of hydrogen-bond donors (Lipinski definition) is 1. The predicted molar refractivity (Wildman–Crippen MR) is 116 cm³/mol. The van der Waals surface area contributed by atoms with E-state index < -0.39 is 0 Å². The molecule has 27 heavy (non-hydrogen) atoms. The van der Waals surface area contributed by atoms with Crippen LogP contribution in [-0.2, 0) is 10.5 Å². The smallest absolute Gasteiger partial charge is 0.230 e. The minimum atomic E-state index is -0.0270. The Morgan fingerprint density at radius 1 is 1.07 bits per heavy atom. The summed E-state index contributed by atoms with van der Waals surface area (Å²) in [5, 5.41) is 3.14. The third-order valence-corrected chi connectivity index (χ3v) is 5.71. The number of rotatable bonds is 8. The molecule has 1 amide bonds. The number of amides is 1. The molecule has 0 unspecified atom stereocenters. The van der Waals surface area contributed by atoms with Gasteiger partial charge in [0.1, 0.15) is 5.75 Å². The molecule has 0 aliphatic carbocycles. The maximum Gasteiger partial charge on any atom is 0.230 e. The lowest BCUT2D eigenvalue weighted by Crippen LogP contribution is -2.28. The van der Waals surface area contributed by atoms with Gasteiger partial charge in [-0.3, -0.25) is 4.79 Å². The van der Waals surface area contributed by atoms with E-state index in [-0.39, 0.29) is 11.9 Å². The highest BCUT2D eigenvalue weighted by atomic mass is 32.2. The zero-order chi connectivity index (χ0) is 20.0. The molecule has 0 saturated heterocycles. The Morgan fingerprint density at radius 3 is 2.33 bits per heavy atom. The molecule has 2 aromatic carbocycles. The Balaban J connectivity index is 1.95. The lowest BCUT2D eigenvalue weighted by Gasteiger charge is -2.21.